The minimum Gasteiger partial charge on any atom is -0.398 e. The fourth-order valence-corrected chi connectivity index (χ4v) is 3.49. The third-order valence-corrected chi connectivity index (χ3v) is 5.16. The van der Waals surface area contributed by atoms with Crippen molar-refractivity contribution in [1.29, 1.82) is 5.41 Å². The number of piperidine rings is 1. The van der Waals surface area contributed by atoms with Gasteiger partial charge in [-0.15, -0.1) is 0 Å². The number of carbonyl (C=O) groups excluding carboxylic acids is 1. The highest BCUT2D eigenvalue weighted by atomic mass is 19.4. The topological polar surface area (TPSA) is 94.2 Å². The molecule has 1 fully saturated rings. The molecule has 0 aromatic heterocycles. The smallest absolute Gasteiger partial charge is 0.398 e. The van der Waals surface area contributed by atoms with Crippen LogP contribution in [0.4, 0.5) is 30.2 Å². The first-order valence-electron chi connectivity index (χ1n) is 10.2. The van der Waals surface area contributed by atoms with Crippen molar-refractivity contribution in [3.05, 3.63) is 53.6 Å². The first-order valence-corrected chi connectivity index (χ1v) is 10.2. The number of nitrogens with zero attached hydrogens (tertiary/aromatic N) is 1. The van der Waals surface area contributed by atoms with Crippen LogP contribution in [0.5, 0.6) is 0 Å². The number of rotatable bonds is 6. The molecule has 0 radical (unpaired) electrons. The molecule has 0 unspecified atom stereocenters. The molecule has 1 aliphatic heterocycles. The normalized spacial score (nSPS) is 14.2. The quantitative estimate of drug-likeness (QED) is 0.307. The molecule has 0 saturated carbocycles. The molecule has 0 spiro atoms. The van der Waals surface area contributed by atoms with Gasteiger partial charge in [0.2, 0.25) is 0 Å². The van der Waals surface area contributed by atoms with E-state index in [0.717, 1.165) is 43.8 Å². The van der Waals surface area contributed by atoms with Crippen LogP contribution in [0.1, 0.15) is 41.6 Å². The summed E-state index contributed by atoms with van der Waals surface area (Å²) in [7, 11) is 0. The standard InChI is InChI=1S/C22H26F3N5O/c23-22(24,25)15-5-4-6-16(13-15)28-10-9-20(27)29-21(31)18-14-17(7-8-19(18)26)30-11-2-1-3-12-30/h4-8,13-14,28H,1-3,9-12,26H2,(H2,27,29,31). The Labute approximate surface area is 179 Å². The number of benzene rings is 2. The van der Waals surface area contributed by atoms with Gasteiger partial charge in [-0.1, -0.05) is 6.07 Å². The zero-order valence-electron chi connectivity index (χ0n) is 17.1. The molecule has 166 valence electrons. The summed E-state index contributed by atoms with van der Waals surface area (Å²) in [6, 6.07) is 10.2. The highest BCUT2D eigenvalue weighted by molar-refractivity contribution is 6.08. The van der Waals surface area contributed by atoms with Gasteiger partial charge in [-0.2, -0.15) is 13.2 Å². The summed E-state index contributed by atoms with van der Waals surface area (Å²) in [5.74, 6) is -0.521. The first-order chi connectivity index (χ1) is 14.7. The lowest BCUT2D eigenvalue weighted by molar-refractivity contribution is -0.137. The summed E-state index contributed by atoms with van der Waals surface area (Å²) < 4.78 is 38.3. The lowest BCUT2D eigenvalue weighted by atomic mass is 10.1. The molecule has 6 nitrogen and oxygen atoms in total. The molecular weight excluding hydrogens is 407 g/mol. The van der Waals surface area contributed by atoms with Crippen LogP contribution in [0.25, 0.3) is 0 Å². The summed E-state index contributed by atoms with van der Waals surface area (Å²) in [5.41, 5.74) is 7.08. The molecule has 0 aliphatic carbocycles. The van der Waals surface area contributed by atoms with Gasteiger partial charge in [0.05, 0.1) is 11.1 Å². The predicted octanol–water partition coefficient (Wildman–Crippen LogP) is 4.49. The van der Waals surface area contributed by atoms with Gasteiger partial charge in [-0.05, 0) is 55.7 Å². The Morgan fingerprint density at radius 3 is 2.55 bits per heavy atom. The van der Waals surface area contributed by atoms with Crippen LogP contribution in [-0.2, 0) is 6.18 Å². The molecule has 3 rings (SSSR count). The summed E-state index contributed by atoms with van der Waals surface area (Å²) in [6.45, 7) is 2.06. The molecule has 2 aromatic rings. The zero-order valence-corrected chi connectivity index (χ0v) is 17.1. The largest absolute Gasteiger partial charge is 0.416 e. The number of hydrogen-bond acceptors (Lipinski definition) is 5. The highest BCUT2D eigenvalue weighted by Crippen LogP contribution is 2.30. The number of alkyl halides is 3. The Kier molecular flexibility index (Phi) is 7.04. The average molecular weight is 433 g/mol. The minimum absolute atomic E-state index is 0.0488. The maximum Gasteiger partial charge on any atom is 0.416 e. The molecule has 1 saturated heterocycles. The van der Waals surface area contributed by atoms with Crippen molar-refractivity contribution in [2.75, 3.05) is 35.6 Å². The number of nitrogens with one attached hydrogen (secondary N) is 3. The van der Waals surface area contributed by atoms with Crippen LogP contribution in [-0.4, -0.2) is 31.4 Å². The van der Waals surface area contributed by atoms with E-state index in [1.807, 2.05) is 6.07 Å². The van der Waals surface area contributed by atoms with Gasteiger partial charge in [0.1, 0.15) is 5.84 Å². The molecule has 0 atom stereocenters. The summed E-state index contributed by atoms with van der Waals surface area (Å²) in [4.78, 5) is 14.8. The number of carbonyl (C=O) groups is 1. The van der Waals surface area contributed by atoms with Gasteiger partial charge in [0.25, 0.3) is 5.91 Å². The number of anilines is 3. The van der Waals surface area contributed by atoms with Gasteiger partial charge in [-0.3, -0.25) is 10.2 Å². The van der Waals surface area contributed by atoms with E-state index in [0.29, 0.717) is 16.9 Å². The van der Waals surface area contributed by atoms with Crippen LogP contribution >= 0.6 is 0 Å². The van der Waals surface area contributed by atoms with Gasteiger partial charge in [-0.25, -0.2) is 0 Å². The Morgan fingerprint density at radius 2 is 1.84 bits per heavy atom. The van der Waals surface area contributed by atoms with Gasteiger partial charge < -0.3 is 21.3 Å². The number of amides is 1. The second-order valence-corrected chi connectivity index (χ2v) is 7.51. The predicted molar refractivity (Wildman–Crippen MR) is 117 cm³/mol. The Bertz CT molecular complexity index is 939. The van der Waals surface area contributed by atoms with Gasteiger partial charge >= 0.3 is 6.18 Å². The fourth-order valence-electron chi connectivity index (χ4n) is 3.49. The molecule has 0 bridgehead atoms. The molecule has 2 aromatic carbocycles. The summed E-state index contributed by atoms with van der Waals surface area (Å²) in [5, 5.41) is 13.3. The molecule has 1 heterocycles. The van der Waals surface area contributed by atoms with E-state index in [1.54, 1.807) is 12.1 Å². The average Bonchev–Trinajstić information content (AvgIpc) is 2.74. The van der Waals surface area contributed by atoms with Crippen LogP contribution in [0.2, 0.25) is 0 Å². The number of hydrogen-bond donors (Lipinski definition) is 4. The summed E-state index contributed by atoms with van der Waals surface area (Å²) >= 11 is 0. The van der Waals surface area contributed by atoms with Crippen molar-refractivity contribution in [2.24, 2.45) is 0 Å². The van der Waals surface area contributed by atoms with Crippen molar-refractivity contribution in [2.45, 2.75) is 31.9 Å². The second kappa shape index (κ2) is 9.72. The molecule has 31 heavy (non-hydrogen) atoms. The molecular formula is C22H26F3N5O. The molecule has 1 amide bonds. The Morgan fingerprint density at radius 1 is 1.10 bits per heavy atom. The number of nitrogens with two attached hydrogens (primary N) is 1. The molecule has 5 N–H and O–H groups in total. The third-order valence-electron chi connectivity index (χ3n) is 5.16. The number of nitrogen functional groups attached to an aromatic ring is 1. The Balaban J connectivity index is 1.54. The minimum atomic E-state index is -4.42. The SMILES string of the molecule is N=C(CCNc1cccc(C(F)(F)F)c1)NC(=O)c1cc(N2CCCCC2)ccc1N. The van der Waals surface area contributed by atoms with E-state index in [2.05, 4.69) is 15.5 Å². The van der Waals surface area contributed by atoms with E-state index >= 15 is 0 Å². The van der Waals surface area contributed by atoms with E-state index in [1.165, 1.54) is 18.6 Å². The Hall–Kier alpha value is -3.23. The first kappa shape index (κ1) is 22.5. The van der Waals surface area contributed by atoms with E-state index in [9.17, 15) is 18.0 Å². The maximum absolute atomic E-state index is 12.8. The van der Waals surface area contributed by atoms with Gasteiger partial charge in [0.15, 0.2) is 0 Å². The van der Waals surface area contributed by atoms with Crippen LogP contribution in [0, 0.1) is 5.41 Å². The van der Waals surface area contributed by atoms with Crippen molar-refractivity contribution in [3.63, 3.8) is 0 Å². The maximum atomic E-state index is 12.8. The van der Waals surface area contributed by atoms with Crippen LogP contribution < -0.4 is 21.3 Å². The van der Waals surface area contributed by atoms with Crippen LogP contribution in [0.3, 0.4) is 0 Å². The summed E-state index contributed by atoms with van der Waals surface area (Å²) in [6.07, 6.45) is -0.871. The third kappa shape index (κ3) is 6.13. The van der Waals surface area contributed by atoms with Crippen molar-refractivity contribution in [3.8, 4) is 0 Å². The number of halogens is 3. The zero-order chi connectivity index (χ0) is 22.4. The number of amidine groups is 1. The second-order valence-electron chi connectivity index (χ2n) is 7.51. The van der Waals surface area contributed by atoms with Gasteiger partial charge in [0, 0.05) is 43.1 Å². The van der Waals surface area contributed by atoms with E-state index < -0.39 is 17.6 Å². The van der Waals surface area contributed by atoms with Crippen LogP contribution in [0.15, 0.2) is 42.5 Å². The molecule has 9 heteroatoms. The monoisotopic (exact) mass is 433 g/mol. The lowest BCUT2D eigenvalue weighted by Crippen LogP contribution is -2.32. The van der Waals surface area contributed by atoms with Crippen molar-refractivity contribution >= 4 is 28.8 Å². The van der Waals surface area contributed by atoms with E-state index in [4.69, 9.17) is 11.1 Å². The highest BCUT2D eigenvalue weighted by Gasteiger charge is 2.30. The van der Waals surface area contributed by atoms with Crippen molar-refractivity contribution < 1.29 is 18.0 Å². The fraction of sp³-hybridized carbons (Fsp3) is 0.364. The van der Waals surface area contributed by atoms with E-state index in [-0.39, 0.29) is 18.8 Å². The molecule has 1 aliphatic rings. The lowest BCUT2D eigenvalue weighted by Gasteiger charge is -2.29. The van der Waals surface area contributed by atoms with Crippen molar-refractivity contribution in [1.82, 2.24) is 5.32 Å².